The maximum atomic E-state index is 12.3. The second-order valence-corrected chi connectivity index (χ2v) is 6.60. The summed E-state index contributed by atoms with van der Waals surface area (Å²) < 4.78 is 21.8. The average Bonchev–Trinajstić information content (AvgIpc) is 2.99. The van der Waals surface area contributed by atoms with Crippen molar-refractivity contribution < 1.29 is 28.2 Å². The van der Waals surface area contributed by atoms with Gasteiger partial charge in [0.2, 0.25) is 0 Å². The van der Waals surface area contributed by atoms with Gasteiger partial charge in [-0.3, -0.25) is 4.79 Å². The summed E-state index contributed by atoms with van der Waals surface area (Å²) >= 11 is 3.40. The lowest BCUT2D eigenvalue weighted by Crippen LogP contribution is -2.11. The van der Waals surface area contributed by atoms with Crippen LogP contribution >= 0.6 is 15.9 Å². The number of fused-ring (bicyclic) bond motifs is 1. The van der Waals surface area contributed by atoms with E-state index in [1.165, 1.54) is 7.11 Å². The quantitative estimate of drug-likeness (QED) is 0.419. The summed E-state index contributed by atoms with van der Waals surface area (Å²) in [6, 6.07) is 10.1. The van der Waals surface area contributed by atoms with E-state index in [1.807, 2.05) is 0 Å². The number of ketones is 1. The molecule has 1 heterocycles. The van der Waals surface area contributed by atoms with Crippen LogP contribution in [0.25, 0.3) is 11.0 Å². The highest BCUT2D eigenvalue weighted by molar-refractivity contribution is 9.10. The third-order valence-electron chi connectivity index (χ3n) is 4.08. The Morgan fingerprint density at radius 2 is 1.81 bits per heavy atom. The minimum Gasteiger partial charge on any atom is -0.497 e. The maximum absolute atomic E-state index is 12.3. The molecule has 0 radical (unpaired) electrons. The average molecular weight is 433 g/mol. The van der Waals surface area contributed by atoms with E-state index in [0.717, 1.165) is 0 Å². The second kappa shape index (κ2) is 7.84. The van der Waals surface area contributed by atoms with Crippen LogP contribution in [0.4, 0.5) is 0 Å². The number of furan rings is 1. The number of Topliss-reactive ketones (excluding diaryl/α,β-unsaturated/α-hetero) is 1. The van der Waals surface area contributed by atoms with Gasteiger partial charge >= 0.3 is 5.97 Å². The predicted molar refractivity (Wildman–Crippen MR) is 103 cm³/mol. The van der Waals surface area contributed by atoms with Gasteiger partial charge < -0.3 is 18.6 Å². The Morgan fingerprint density at radius 3 is 2.44 bits per heavy atom. The molecule has 0 aliphatic rings. The van der Waals surface area contributed by atoms with Gasteiger partial charge in [0.25, 0.3) is 0 Å². The molecule has 0 unspecified atom stereocenters. The fourth-order valence-corrected chi connectivity index (χ4v) is 3.13. The lowest BCUT2D eigenvalue weighted by atomic mass is 10.1. The summed E-state index contributed by atoms with van der Waals surface area (Å²) in [5, 5.41) is 0.564. The molecule has 7 heteroatoms. The smallest absolute Gasteiger partial charge is 0.342 e. The van der Waals surface area contributed by atoms with Gasteiger partial charge in [0.05, 0.1) is 18.7 Å². The van der Waals surface area contributed by atoms with Gasteiger partial charge in [0, 0.05) is 10.9 Å². The van der Waals surface area contributed by atoms with Crippen molar-refractivity contribution in [3.05, 3.63) is 57.8 Å². The molecule has 0 fully saturated rings. The first-order valence-electron chi connectivity index (χ1n) is 8.05. The summed E-state index contributed by atoms with van der Waals surface area (Å²) in [5.74, 6) is 0.881. The van der Waals surface area contributed by atoms with Gasteiger partial charge in [-0.15, -0.1) is 0 Å². The zero-order chi connectivity index (χ0) is 19.6. The Balaban J connectivity index is 1.84. The number of aryl methyl sites for hydroxylation is 1. The number of halogens is 1. The Labute approximate surface area is 164 Å². The van der Waals surface area contributed by atoms with E-state index < -0.39 is 5.97 Å². The molecule has 3 rings (SSSR count). The number of carbonyl (C=O) groups is 2. The topological polar surface area (TPSA) is 75.0 Å². The Morgan fingerprint density at radius 1 is 1.11 bits per heavy atom. The van der Waals surface area contributed by atoms with Gasteiger partial charge in [0.1, 0.15) is 28.4 Å². The molecule has 27 heavy (non-hydrogen) atoms. The van der Waals surface area contributed by atoms with E-state index in [2.05, 4.69) is 15.9 Å². The number of rotatable bonds is 6. The minimum absolute atomic E-state index is 0.152. The van der Waals surface area contributed by atoms with Crippen molar-refractivity contribution in [2.75, 3.05) is 20.8 Å². The van der Waals surface area contributed by atoms with Crippen LogP contribution in [0.3, 0.4) is 0 Å². The van der Waals surface area contributed by atoms with Crippen LogP contribution in [0, 0.1) is 6.92 Å². The van der Waals surface area contributed by atoms with Gasteiger partial charge in [0.15, 0.2) is 12.4 Å². The molecular formula is C20H17BrO6. The predicted octanol–water partition coefficient (Wildman–Crippen LogP) is 4.56. The van der Waals surface area contributed by atoms with Crippen molar-refractivity contribution in [3.63, 3.8) is 0 Å². The van der Waals surface area contributed by atoms with Crippen molar-refractivity contribution in [1.82, 2.24) is 0 Å². The molecule has 0 atom stereocenters. The molecule has 3 aromatic rings. The molecule has 2 aromatic carbocycles. The number of ether oxygens (including phenoxy) is 3. The van der Waals surface area contributed by atoms with Gasteiger partial charge in [-0.1, -0.05) is 0 Å². The number of esters is 1. The van der Waals surface area contributed by atoms with Crippen LogP contribution in [-0.2, 0) is 4.74 Å². The Hall–Kier alpha value is -2.80. The third kappa shape index (κ3) is 3.83. The van der Waals surface area contributed by atoms with E-state index in [-0.39, 0.29) is 12.4 Å². The zero-order valence-electron chi connectivity index (χ0n) is 15.0. The Bertz CT molecular complexity index is 1000. The van der Waals surface area contributed by atoms with E-state index in [1.54, 1.807) is 50.4 Å². The summed E-state index contributed by atoms with van der Waals surface area (Å²) in [6.45, 7) is 1.54. The van der Waals surface area contributed by atoms with Crippen LogP contribution < -0.4 is 9.47 Å². The maximum Gasteiger partial charge on any atom is 0.342 e. The second-order valence-electron chi connectivity index (χ2n) is 5.74. The minimum atomic E-state index is -0.492. The normalized spacial score (nSPS) is 10.7. The molecule has 0 saturated carbocycles. The van der Waals surface area contributed by atoms with Crippen LogP contribution in [-0.4, -0.2) is 32.6 Å². The molecule has 0 aliphatic carbocycles. The van der Waals surface area contributed by atoms with E-state index >= 15 is 0 Å². The molecule has 6 nitrogen and oxygen atoms in total. The largest absolute Gasteiger partial charge is 0.497 e. The van der Waals surface area contributed by atoms with Gasteiger partial charge in [-0.2, -0.15) is 0 Å². The van der Waals surface area contributed by atoms with Crippen molar-refractivity contribution >= 4 is 38.7 Å². The highest BCUT2D eigenvalue weighted by Gasteiger charge is 2.21. The zero-order valence-corrected chi connectivity index (χ0v) is 16.6. The molecule has 0 saturated heterocycles. The fourth-order valence-electron chi connectivity index (χ4n) is 2.69. The number of hydrogen-bond donors (Lipinski definition) is 0. The third-order valence-corrected chi connectivity index (χ3v) is 4.70. The Kier molecular flexibility index (Phi) is 5.51. The molecule has 140 valence electrons. The van der Waals surface area contributed by atoms with Crippen molar-refractivity contribution in [3.8, 4) is 11.5 Å². The summed E-state index contributed by atoms with van der Waals surface area (Å²) in [7, 11) is 2.87. The highest BCUT2D eigenvalue weighted by atomic mass is 79.9. The first-order valence-corrected chi connectivity index (χ1v) is 8.85. The van der Waals surface area contributed by atoms with Crippen LogP contribution in [0.1, 0.15) is 26.5 Å². The number of hydrogen-bond acceptors (Lipinski definition) is 6. The van der Waals surface area contributed by atoms with Crippen LogP contribution in [0.2, 0.25) is 0 Å². The number of carbonyl (C=O) groups excluding carboxylic acids is 2. The van der Waals surface area contributed by atoms with Crippen molar-refractivity contribution in [1.29, 1.82) is 0 Å². The monoisotopic (exact) mass is 432 g/mol. The molecule has 0 aliphatic heterocycles. The van der Waals surface area contributed by atoms with E-state index in [4.69, 9.17) is 18.6 Å². The van der Waals surface area contributed by atoms with Gasteiger partial charge in [-0.05, 0) is 59.3 Å². The molecule has 0 spiro atoms. The summed E-state index contributed by atoms with van der Waals surface area (Å²) in [4.78, 5) is 24.4. The lowest BCUT2D eigenvalue weighted by Gasteiger charge is -2.08. The first kappa shape index (κ1) is 19.0. The summed E-state index contributed by atoms with van der Waals surface area (Å²) in [5.41, 5.74) is 1.38. The standard InChI is InChI=1S/C20H17BrO6/c1-11-19(20(23)25-3)14-8-18(15(21)9-17(14)27-11)26-10-16(22)12-4-6-13(24-2)7-5-12/h4-9H,10H2,1-3H3. The lowest BCUT2D eigenvalue weighted by molar-refractivity contribution is 0.0600. The molecule has 0 amide bonds. The van der Waals surface area contributed by atoms with E-state index in [0.29, 0.717) is 43.8 Å². The fraction of sp³-hybridized carbons (Fsp3) is 0.200. The molecule has 1 aromatic heterocycles. The highest BCUT2D eigenvalue weighted by Crippen LogP contribution is 2.35. The molecule has 0 N–H and O–H groups in total. The summed E-state index contributed by atoms with van der Waals surface area (Å²) in [6.07, 6.45) is 0. The van der Waals surface area contributed by atoms with Crippen LogP contribution in [0.5, 0.6) is 11.5 Å². The van der Waals surface area contributed by atoms with Gasteiger partial charge in [-0.25, -0.2) is 4.79 Å². The van der Waals surface area contributed by atoms with Crippen molar-refractivity contribution in [2.45, 2.75) is 6.92 Å². The van der Waals surface area contributed by atoms with Crippen molar-refractivity contribution in [2.24, 2.45) is 0 Å². The SMILES string of the molecule is COC(=O)c1c(C)oc2cc(Br)c(OCC(=O)c3ccc(OC)cc3)cc12. The number of benzene rings is 2. The first-order chi connectivity index (χ1) is 12.9. The van der Waals surface area contributed by atoms with E-state index in [9.17, 15) is 9.59 Å². The van der Waals surface area contributed by atoms with Crippen LogP contribution in [0.15, 0.2) is 45.3 Å². The molecule has 0 bridgehead atoms. The number of methoxy groups -OCH3 is 2. The molecular weight excluding hydrogens is 416 g/mol.